The number of hydrogen-bond donors (Lipinski definition) is 2. The first-order valence-corrected chi connectivity index (χ1v) is 6.90. The van der Waals surface area contributed by atoms with Gasteiger partial charge >= 0.3 is 0 Å². The Bertz CT molecular complexity index is 577. The number of rotatable bonds is 5. The van der Waals surface area contributed by atoms with E-state index in [1.54, 1.807) is 24.3 Å². The van der Waals surface area contributed by atoms with Gasteiger partial charge in [0.05, 0.1) is 0 Å². The van der Waals surface area contributed by atoms with Crippen LogP contribution >= 0.6 is 0 Å². The molecule has 0 aliphatic carbocycles. The Hall–Kier alpha value is -1.78. The highest BCUT2D eigenvalue weighted by Crippen LogP contribution is 2.29. The Morgan fingerprint density at radius 1 is 0.952 bits per heavy atom. The van der Waals surface area contributed by atoms with E-state index in [1.807, 2.05) is 13.8 Å². The summed E-state index contributed by atoms with van der Waals surface area (Å²) in [5.74, 6) is 5.19. The van der Waals surface area contributed by atoms with Gasteiger partial charge in [-0.1, -0.05) is 38.1 Å². The lowest BCUT2D eigenvalue weighted by Gasteiger charge is -2.34. The van der Waals surface area contributed by atoms with Crippen molar-refractivity contribution >= 4 is 0 Å². The van der Waals surface area contributed by atoms with Crippen molar-refractivity contribution in [3.63, 3.8) is 0 Å². The van der Waals surface area contributed by atoms with Gasteiger partial charge in [0, 0.05) is 11.5 Å². The first kappa shape index (κ1) is 15.6. The fourth-order valence-corrected chi connectivity index (χ4v) is 2.46. The molecule has 0 spiro atoms. The van der Waals surface area contributed by atoms with Crippen molar-refractivity contribution in [1.29, 1.82) is 0 Å². The second-order valence-electron chi connectivity index (χ2n) is 5.78. The lowest BCUT2D eigenvalue weighted by Crippen LogP contribution is -2.49. The van der Waals surface area contributed by atoms with Crippen molar-refractivity contribution in [2.45, 2.75) is 31.7 Å². The Kier molecular flexibility index (Phi) is 4.70. The molecule has 21 heavy (non-hydrogen) atoms. The van der Waals surface area contributed by atoms with Crippen LogP contribution in [0.2, 0.25) is 0 Å². The zero-order valence-corrected chi connectivity index (χ0v) is 12.2. The highest BCUT2D eigenvalue weighted by atomic mass is 19.1. The van der Waals surface area contributed by atoms with Crippen LogP contribution in [0.5, 0.6) is 0 Å². The predicted octanol–water partition coefficient (Wildman–Crippen LogP) is 3.32. The number of benzene rings is 2. The van der Waals surface area contributed by atoms with Crippen LogP contribution in [0.1, 0.15) is 25.0 Å². The molecule has 2 aromatic rings. The van der Waals surface area contributed by atoms with Crippen molar-refractivity contribution in [2.24, 2.45) is 5.84 Å². The van der Waals surface area contributed by atoms with E-state index in [1.165, 1.54) is 24.3 Å². The van der Waals surface area contributed by atoms with Crippen molar-refractivity contribution < 1.29 is 8.78 Å². The minimum atomic E-state index is -0.295. The lowest BCUT2D eigenvalue weighted by atomic mass is 9.75. The first-order chi connectivity index (χ1) is 9.93. The third-order valence-corrected chi connectivity index (χ3v) is 4.01. The van der Waals surface area contributed by atoms with Crippen molar-refractivity contribution in [1.82, 2.24) is 5.43 Å². The van der Waals surface area contributed by atoms with Gasteiger partial charge in [-0.25, -0.2) is 8.78 Å². The van der Waals surface area contributed by atoms with Gasteiger partial charge in [0.1, 0.15) is 11.6 Å². The van der Waals surface area contributed by atoms with E-state index in [4.69, 9.17) is 5.84 Å². The summed E-state index contributed by atoms with van der Waals surface area (Å²) in [5, 5.41) is 0. The quantitative estimate of drug-likeness (QED) is 0.655. The van der Waals surface area contributed by atoms with E-state index in [9.17, 15) is 8.78 Å². The van der Waals surface area contributed by atoms with E-state index in [0.717, 1.165) is 11.1 Å². The van der Waals surface area contributed by atoms with Crippen LogP contribution in [0.4, 0.5) is 8.78 Å². The fourth-order valence-electron chi connectivity index (χ4n) is 2.46. The summed E-state index contributed by atoms with van der Waals surface area (Å²) in [4.78, 5) is 0. The zero-order chi connectivity index (χ0) is 15.5. The first-order valence-electron chi connectivity index (χ1n) is 6.90. The summed E-state index contributed by atoms with van der Waals surface area (Å²) in [6.07, 6.45) is 0.654. The van der Waals surface area contributed by atoms with Crippen LogP contribution in [0.15, 0.2) is 48.5 Å². The molecule has 0 heterocycles. The summed E-state index contributed by atoms with van der Waals surface area (Å²) in [5.41, 5.74) is 4.53. The van der Waals surface area contributed by atoms with Gasteiger partial charge in [0.15, 0.2) is 0 Å². The van der Waals surface area contributed by atoms with E-state index in [-0.39, 0.29) is 23.1 Å². The molecule has 0 aliphatic rings. The number of nitrogens with two attached hydrogens (primary N) is 1. The molecule has 112 valence electrons. The van der Waals surface area contributed by atoms with Crippen LogP contribution in [-0.4, -0.2) is 6.04 Å². The smallest absolute Gasteiger partial charge is 0.123 e. The molecule has 0 saturated carbocycles. The molecule has 0 radical (unpaired) electrons. The maximum atomic E-state index is 13.1. The summed E-state index contributed by atoms with van der Waals surface area (Å²) in [6.45, 7) is 4.10. The number of nitrogens with one attached hydrogen (secondary N) is 1. The maximum Gasteiger partial charge on any atom is 0.123 e. The van der Waals surface area contributed by atoms with Crippen LogP contribution < -0.4 is 11.3 Å². The average Bonchev–Trinajstić information content (AvgIpc) is 2.47. The minimum Gasteiger partial charge on any atom is -0.271 e. The molecule has 0 fully saturated rings. The molecule has 0 saturated heterocycles. The molecule has 4 heteroatoms. The number of hydrazine groups is 1. The van der Waals surface area contributed by atoms with Crippen LogP contribution in [0.25, 0.3) is 0 Å². The van der Waals surface area contributed by atoms with Crippen LogP contribution in [0, 0.1) is 11.6 Å². The molecule has 1 unspecified atom stereocenters. The van der Waals surface area contributed by atoms with Gasteiger partial charge < -0.3 is 0 Å². The fraction of sp³-hybridized carbons (Fsp3) is 0.294. The Balaban J connectivity index is 2.22. The molecule has 0 amide bonds. The van der Waals surface area contributed by atoms with Gasteiger partial charge in [0.25, 0.3) is 0 Å². The average molecular weight is 290 g/mol. The maximum absolute atomic E-state index is 13.1. The SMILES string of the molecule is CC(C)(c1ccc(F)cc1)C(Cc1ccc(F)cc1)NN. The normalized spacial score (nSPS) is 13.2. The van der Waals surface area contributed by atoms with Gasteiger partial charge in [0.2, 0.25) is 0 Å². The van der Waals surface area contributed by atoms with Gasteiger partial charge in [-0.05, 0) is 41.8 Å². The summed E-state index contributed by atoms with van der Waals surface area (Å²) in [6, 6.07) is 12.7. The standard InChI is InChI=1S/C17H20F2N2/c1-17(2,13-5-9-15(19)10-6-13)16(21-20)11-12-3-7-14(18)8-4-12/h3-10,16,21H,11,20H2,1-2H3. The number of halogens is 2. The zero-order valence-electron chi connectivity index (χ0n) is 12.2. The molecular formula is C17H20F2N2. The van der Waals surface area contributed by atoms with E-state index in [0.29, 0.717) is 6.42 Å². The lowest BCUT2D eigenvalue weighted by molar-refractivity contribution is 0.341. The largest absolute Gasteiger partial charge is 0.271 e. The molecule has 2 nitrogen and oxygen atoms in total. The van der Waals surface area contributed by atoms with Gasteiger partial charge in [-0.2, -0.15) is 0 Å². The Morgan fingerprint density at radius 2 is 1.43 bits per heavy atom. The number of hydrogen-bond acceptors (Lipinski definition) is 2. The summed E-state index contributed by atoms with van der Waals surface area (Å²) in [7, 11) is 0. The monoisotopic (exact) mass is 290 g/mol. The minimum absolute atomic E-state index is 0.0616. The molecule has 0 aliphatic heterocycles. The molecule has 1 atom stereocenters. The van der Waals surface area contributed by atoms with Crippen molar-refractivity contribution in [3.8, 4) is 0 Å². The van der Waals surface area contributed by atoms with Gasteiger partial charge in [-0.3, -0.25) is 11.3 Å². The topological polar surface area (TPSA) is 38.0 Å². The van der Waals surface area contributed by atoms with Crippen molar-refractivity contribution in [3.05, 3.63) is 71.3 Å². The second-order valence-corrected chi connectivity index (χ2v) is 5.78. The van der Waals surface area contributed by atoms with Crippen LogP contribution in [-0.2, 0) is 11.8 Å². The predicted molar refractivity (Wildman–Crippen MR) is 80.6 cm³/mol. The molecular weight excluding hydrogens is 270 g/mol. The molecule has 0 bridgehead atoms. The van der Waals surface area contributed by atoms with E-state index >= 15 is 0 Å². The summed E-state index contributed by atoms with van der Waals surface area (Å²) < 4.78 is 26.0. The van der Waals surface area contributed by atoms with E-state index < -0.39 is 0 Å². The molecule has 2 rings (SSSR count). The van der Waals surface area contributed by atoms with Crippen molar-refractivity contribution in [2.75, 3.05) is 0 Å². The third-order valence-electron chi connectivity index (χ3n) is 4.01. The van der Waals surface area contributed by atoms with Gasteiger partial charge in [-0.15, -0.1) is 0 Å². The molecule has 3 N–H and O–H groups in total. The molecule has 0 aromatic heterocycles. The highest BCUT2D eigenvalue weighted by molar-refractivity contribution is 5.28. The van der Waals surface area contributed by atoms with E-state index in [2.05, 4.69) is 5.43 Å². The van der Waals surface area contributed by atoms with Crippen LogP contribution in [0.3, 0.4) is 0 Å². The Labute approximate surface area is 124 Å². The third kappa shape index (κ3) is 3.65. The molecule has 2 aromatic carbocycles. The highest BCUT2D eigenvalue weighted by Gasteiger charge is 2.30. The Morgan fingerprint density at radius 3 is 1.90 bits per heavy atom. The second kappa shape index (κ2) is 6.33. The summed E-state index contributed by atoms with van der Waals surface area (Å²) >= 11 is 0.